The van der Waals surface area contributed by atoms with E-state index in [1.165, 1.54) is 0 Å². The highest BCUT2D eigenvalue weighted by Crippen LogP contribution is 2.43. The number of alkyl halides is 2. The second-order valence-electron chi connectivity index (χ2n) is 9.96. The van der Waals surface area contributed by atoms with Gasteiger partial charge in [0.15, 0.2) is 0 Å². The monoisotopic (exact) mass is 603 g/mol. The van der Waals surface area contributed by atoms with Gasteiger partial charge in [0.05, 0.1) is 47.4 Å². The number of anilines is 5. The van der Waals surface area contributed by atoms with Crippen molar-refractivity contribution < 1.29 is 9.59 Å². The van der Waals surface area contributed by atoms with E-state index in [0.717, 1.165) is 28.4 Å². The highest BCUT2D eigenvalue weighted by Gasteiger charge is 2.50. The Morgan fingerprint density at radius 3 is 2.42 bits per heavy atom. The summed E-state index contributed by atoms with van der Waals surface area (Å²) in [5, 5.41) is 9.64. The van der Waals surface area contributed by atoms with Crippen molar-refractivity contribution in [1.82, 2.24) is 4.57 Å². The summed E-state index contributed by atoms with van der Waals surface area (Å²) in [6, 6.07) is 15.4. The summed E-state index contributed by atoms with van der Waals surface area (Å²) < 4.78 is 1.80. The summed E-state index contributed by atoms with van der Waals surface area (Å²) in [5.74, 6) is 0.0224. The standard InChI is InChI=1S/C29H36Cl2N6O2S/c1-21-8-7-10-24(27(21)36(17-14-30)18-15-31)33-28(39)29(34-23-9-5-6-11-25(23)35(29)2)37-16-12-22(20-37)32-26(38)13-19-40(3)4/h5-12,16,20,34H,13-15,17-19H2,1-4H3,(H-,32,33,38,39)/p+1. The van der Waals surface area contributed by atoms with Crippen LogP contribution >= 0.6 is 23.2 Å². The number of halogens is 2. The molecule has 11 heteroatoms. The van der Waals surface area contributed by atoms with Crippen LogP contribution in [0.3, 0.4) is 0 Å². The molecule has 0 aliphatic carbocycles. The summed E-state index contributed by atoms with van der Waals surface area (Å²) >= 11 is 12.2. The number of fused-ring (bicyclic) bond motifs is 1. The van der Waals surface area contributed by atoms with Crippen molar-refractivity contribution in [2.75, 3.05) is 75.9 Å². The molecule has 0 radical (unpaired) electrons. The summed E-state index contributed by atoms with van der Waals surface area (Å²) in [5.41, 5.74) is 4.89. The molecular formula is C29H37Cl2N6O2S+. The molecule has 0 saturated carbocycles. The van der Waals surface area contributed by atoms with E-state index in [9.17, 15) is 9.59 Å². The second kappa shape index (κ2) is 13.1. The molecular weight excluding hydrogens is 567 g/mol. The largest absolute Gasteiger partial charge is 0.367 e. The van der Waals surface area contributed by atoms with E-state index in [0.29, 0.717) is 42.6 Å². The number of carbonyl (C=O) groups excluding carboxylic acids is 2. The number of aryl methyl sites for hydroxylation is 1. The number of carbonyl (C=O) groups is 2. The zero-order chi connectivity index (χ0) is 28.9. The molecule has 2 amide bonds. The van der Waals surface area contributed by atoms with Crippen LogP contribution in [0.1, 0.15) is 12.0 Å². The molecule has 1 atom stereocenters. The zero-order valence-corrected chi connectivity index (χ0v) is 25.7. The van der Waals surface area contributed by atoms with Crippen LogP contribution in [0.25, 0.3) is 0 Å². The third kappa shape index (κ3) is 6.16. The molecule has 0 bridgehead atoms. The molecule has 1 aliphatic heterocycles. The van der Waals surface area contributed by atoms with Crippen LogP contribution in [0.2, 0.25) is 0 Å². The molecule has 2 aromatic carbocycles. The third-order valence-electron chi connectivity index (χ3n) is 6.98. The predicted molar refractivity (Wildman–Crippen MR) is 172 cm³/mol. The fraction of sp³-hybridized carbons (Fsp3) is 0.379. The van der Waals surface area contributed by atoms with Crippen molar-refractivity contribution in [3.05, 3.63) is 66.5 Å². The molecule has 0 fully saturated rings. The number of aromatic nitrogens is 1. The smallest absolute Gasteiger partial charge is 0.293 e. The minimum absolute atomic E-state index is 0.0449. The van der Waals surface area contributed by atoms with Gasteiger partial charge in [-0.1, -0.05) is 24.3 Å². The van der Waals surface area contributed by atoms with Gasteiger partial charge in [0.25, 0.3) is 11.7 Å². The average Bonchev–Trinajstić information content (AvgIpc) is 3.50. The summed E-state index contributed by atoms with van der Waals surface area (Å²) in [6.07, 6.45) is 8.28. The quantitative estimate of drug-likeness (QED) is 0.198. The first kappa shape index (κ1) is 30.0. The van der Waals surface area contributed by atoms with Crippen LogP contribution in [-0.4, -0.2) is 66.5 Å². The Morgan fingerprint density at radius 1 is 1.02 bits per heavy atom. The minimum Gasteiger partial charge on any atom is -0.367 e. The van der Waals surface area contributed by atoms with Gasteiger partial charge in [-0.2, -0.15) is 0 Å². The normalized spacial score (nSPS) is 16.0. The molecule has 0 spiro atoms. The van der Waals surface area contributed by atoms with E-state index in [2.05, 4.69) is 33.4 Å². The van der Waals surface area contributed by atoms with Gasteiger partial charge in [-0.05, 0) is 47.6 Å². The van der Waals surface area contributed by atoms with Crippen LogP contribution < -0.4 is 25.8 Å². The maximum Gasteiger partial charge on any atom is 0.293 e. The van der Waals surface area contributed by atoms with Gasteiger partial charge >= 0.3 is 0 Å². The number of nitrogens with zero attached hydrogens (tertiary/aromatic N) is 3. The lowest BCUT2D eigenvalue weighted by atomic mass is 10.1. The predicted octanol–water partition coefficient (Wildman–Crippen LogP) is 5.10. The maximum absolute atomic E-state index is 14.4. The minimum atomic E-state index is -1.34. The Balaban J connectivity index is 1.71. The lowest BCUT2D eigenvalue weighted by Crippen LogP contribution is -2.59. The van der Waals surface area contributed by atoms with Crippen molar-refractivity contribution in [2.45, 2.75) is 19.1 Å². The van der Waals surface area contributed by atoms with Crippen LogP contribution in [0, 0.1) is 6.92 Å². The van der Waals surface area contributed by atoms with Gasteiger partial charge in [-0.3, -0.25) is 9.59 Å². The first-order chi connectivity index (χ1) is 19.2. The van der Waals surface area contributed by atoms with E-state index in [1.807, 2.05) is 67.4 Å². The number of benzene rings is 2. The molecule has 1 aliphatic rings. The Hall–Kier alpha value is -3.01. The van der Waals surface area contributed by atoms with E-state index in [-0.39, 0.29) is 22.7 Å². The summed E-state index contributed by atoms with van der Waals surface area (Å²) in [4.78, 5) is 31.0. The first-order valence-corrected chi connectivity index (χ1v) is 16.4. The average molecular weight is 605 g/mol. The molecule has 1 aromatic heterocycles. The van der Waals surface area contributed by atoms with Gasteiger partial charge in [0.1, 0.15) is 5.75 Å². The Morgan fingerprint density at radius 2 is 1.75 bits per heavy atom. The number of hydrogen-bond donors (Lipinski definition) is 3. The van der Waals surface area contributed by atoms with Gasteiger partial charge < -0.3 is 30.3 Å². The van der Waals surface area contributed by atoms with Crippen LogP contribution in [0.4, 0.5) is 28.4 Å². The van der Waals surface area contributed by atoms with Crippen molar-refractivity contribution in [2.24, 2.45) is 0 Å². The number of amides is 2. The van der Waals surface area contributed by atoms with E-state index < -0.39 is 5.79 Å². The Kier molecular flexibility index (Phi) is 9.81. The first-order valence-electron chi connectivity index (χ1n) is 13.1. The van der Waals surface area contributed by atoms with E-state index >= 15 is 0 Å². The third-order valence-corrected chi connectivity index (χ3v) is 8.33. The van der Waals surface area contributed by atoms with E-state index in [4.69, 9.17) is 23.2 Å². The second-order valence-corrected chi connectivity index (χ2v) is 13.1. The van der Waals surface area contributed by atoms with Crippen molar-refractivity contribution in [3.63, 3.8) is 0 Å². The van der Waals surface area contributed by atoms with Crippen molar-refractivity contribution in [1.29, 1.82) is 0 Å². The number of hydrogen-bond acceptors (Lipinski definition) is 5. The molecule has 3 aromatic rings. The van der Waals surface area contributed by atoms with Crippen molar-refractivity contribution >= 4 is 74.3 Å². The molecule has 1 unspecified atom stereocenters. The topological polar surface area (TPSA) is 81.6 Å². The summed E-state index contributed by atoms with van der Waals surface area (Å²) in [6.45, 7) is 3.19. The molecule has 8 nitrogen and oxygen atoms in total. The molecule has 3 N–H and O–H groups in total. The number of likely N-dealkylation sites (N-methyl/N-ethyl adjacent to an activating group) is 1. The Labute approximate surface area is 249 Å². The van der Waals surface area contributed by atoms with Gasteiger partial charge in [0, 0.05) is 44.3 Å². The molecule has 40 heavy (non-hydrogen) atoms. The fourth-order valence-electron chi connectivity index (χ4n) is 5.00. The highest BCUT2D eigenvalue weighted by molar-refractivity contribution is 7.95. The van der Waals surface area contributed by atoms with Crippen LogP contribution in [0.15, 0.2) is 60.9 Å². The molecule has 214 valence electrons. The molecule has 0 saturated heterocycles. The molecule has 4 rings (SSSR count). The highest BCUT2D eigenvalue weighted by atomic mass is 35.5. The van der Waals surface area contributed by atoms with Gasteiger partial charge in [-0.15, -0.1) is 23.2 Å². The lowest BCUT2D eigenvalue weighted by Gasteiger charge is -2.38. The number of para-hydroxylation sites is 3. The van der Waals surface area contributed by atoms with Gasteiger partial charge in [0.2, 0.25) is 5.91 Å². The number of rotatable bonds is 12. The molecule has 2 heterocycles. The van der Waals surface area contributed by atoms with Crippen LogP contribution in [-0.2, 0) is 26.3 Å². The van der Waals surface area contributed by atoms with Crippen LogP contribution in [0.5, 0.6) is 0 Å². The summed E-state index contributed by atoms with van der Waals surface area (Å²) in [7, 11) is 2.06. The van der Waals surface area contributed by atoms with Gasteiger partial charge in [-0.25, -0.2) is 0 Å². The van der Waals surface area contributed by atoms with Crippen molar-refractivity contribution in [3.8, 4) is 0 Å². The SMILES string of the molecule is Cc1cccc(NC(=O)C2(n3ccc(NC(=O)CC[S+](C)C)c3)Nc3ccccc3N2C)c1N(CCCl)CCCl. The zero-order valence-electron chi connectivity index (χ0n) is 23.3. The van der Waals surface area contributed by atoms with E-state index in [1.54, 1.807) is 17.0 Å². The lowest BCUT2D eigenvalue weighted by molar-refractivity contribution is -0.123. The number of nitrogens with one attached hydrogen (secondary N) is 3. The fourth-order valence-corrected chi connectivity index (χ4v) is 6.00. The maximum atomic E-state index is 14.4. The Bertz CT molecular complexity index is 1340.